The summed E-state index contributed by atoms with van der Waals surface area (Å²) in [5, 5.41) is 2.42. The Kier molecular flexibility index (Phi) is 1.87. The number of hydrogen-bond donors (Lipinski definition) is 2. The van der Waals surface area contributed by atoms with E-state index in [1.165, 1.54) is 25.2 Å². The van der Waals surface area contributed by atoms with Crippen molar-refractivity contribution in [3.63, 3.8) is 0 Å². The molecule has 15 heavy (non-hydrogen) atoms. The van der Waals surface area contributed by atoms with E-state index >= 15 is 0 Å². The first-order chi connectivity index (χ1) is 6.94. The molecule has 1 aliphatic rings. The fourth-order valence-corrected chi connectivity index (χ4v) is 2.58. The highest BCUT2D eigenvalue weighted by Crippen LogP contribution is 2.33. The molecule has 0 saturated carbocycles. The first-order valence-corrected chi connectivity index (χ1v) is 5.57. The number of nitrogens with two attached hydrogens (primary N) is 1. The van der Waals surface area contributed by atoms with Crippen molar-refractivity contribution in [1.82, 2.24) is 4.31 Å². The molecular weight excluding hydrogens is 218 g/mol. The molecule has 0 aromatic heterocycles. The van der Waals surface area contributed by atoms with E-state index in [2.05, 4.69) is 5.32 Å². The summed E-state index contributed by atoms with van der Waals surface area (Å²) >= 11 is 0. The molecule has 2 rings (SSSR count). The van der Waals surface area contributed by atoms with Crippen LogP contribution in [0.4, 0.5) is 16.2 Å². The monoisotopic (exact) mass is 227 g/mol. The summed E-state index contributed by atoms with van der Waals surface area (Å²) in [5.41, 5.74) is 5.96. The number of benzene rings is 1. The summed E-state index contributed by atoms with van der Waals surface area (Å²) in [5.74, 6) is 0. The van der Waals surface area contributed by atoms with Gasteiger partial charge in [-0.25, -0.2) is 17.5 Å². The molecule has 1 aromatic carbocycles. The smallest absolute Gasteiger partial charge is 0.335 e. The maximum Gasteiger partial charge on any atom is 0.335 e. The number of carbonyl (C=O) groups is 1. The topological polar surface area (TPSA) is 92.5 Å². The first kappa shape index (κ1) is 9.78. The third-order valence-electron chi connectivity index (χ3n) is 2.21. The van der Waals surface area contributed by atoms with E-state index in [0.29, 0.717) is 4.31 Å². The molecule has 0 atom stereocenters. The Bertz CT molecular complexity index is 538. The van der Waals surface area contributed by atoms with Gasteiger partial charge in [-0.15, -0.1) is 0 Å². The number of hydrogen-bond acceptors (Lipinski definition) is 4. The van der Waals surface area contributed by atoms with Crippen molar-refractivity contribution < 1.29 is 13.2 Å². The van der Waals surface area contributed by atoms with E-state index in [1.807, 2.05) is 0 Å². The standard InChI is InChI=1S/C8H9N3O3S/c1-11-8(12)10-7-5(9)3-2-4-6(7)15(11,13)14/h2-4H,9H2,1H3,(H,10,12). The van der Waals surface area contributed by atoms with E-state index in [0.717, 1.165) is 0 Å². The maximum atomic E-state index is 11.8. The van der Waals surface area contributed by atoms with Gasteiger partial charge in [-0.1, -0.05) is 6.07 Å². The molecule has 0 bridgehead atoms. The molecular formula is C8H9N3O3S. The van der Waals surface area contributed by atoms with Gasteiger partial charge < -0.3 is 11.1 Å². The third-order valence-corrected chi connectivity index (χ3v) is 4.00. The van der Waals surface area contributed by atoms with Gasteiger partial charge in [0, 0.05) is 7.05 Å². The number of rotatable bonds is 0. The summed E-state index contributed by atoms with van der Waals surface area (Å²) in [6.45, 7) is 0. The van der Waals surface area contributed by atoms with Gasteiger partial charge in [0.25, 0.3) is 10.0 Å². The van der Waals surface area contributed by atoms with Gasteiger partial charge >= 0.3 is 6.03 Å². The molecule has 0 spiro atoms. The van der Waals surface area contributed by atoms with Crippen molar-refractivity contribution in [2.24, 2.45) is 0 Å². The highest BCUT2D eigenvalue weighted by molar-refractivity contribution is 7.90. The highest BCUT2D eigenvalue weighted by atomic mass is 32.2. The summed E-state index contributed by atoms with van der Waals surface area (Å²) in [6, 6.07) is 3.74. The number of amides is 2. The molecule has 0 unspecified atom stereocenters. The van der Waals surface area contributed by atoms with Crippen molar-refractivity contribution in [2.45, 2.75) is 4.90 Å². The molecule has 80 valence electrons. The zero-order chi connectivity index (χ0) is 11.2. The number of nitrogen functional groups attached to an aromatic ring is 1. The number of fused-ring (bicyclic) bond motifs is 1. The fourth-order valence-electron chi connectivity index (χ4n) is 1.34. The Labute approximate surface area is 86.7 Å². The molecule has 1 heterocycles. The second-order valence-electron chi connectivity index (χ2n) is 3.12. The van der Waals surface area contributed by atoms with Crippen LogP contribution in [0.2, 0.25) is 0 Å². The van der Waals surface area contributed by atoms with Gasteiger partial charge in [0.1, 0.15) is 4.90 Å². The second kappa shape index (κ2) is 2.86. The van der Waals surface area contributed by atoms with Crippen LogP contribution in [-0.2, 0) is 10.0 Å². The predicted octanol–water partition coefficient (Wildman–Crippen LogP) is 0.435. The Morgan fingerprint density at radius 3 is 2.73 bits per heavy atom. The van der Waals surface area contributed by atoms with E-state index < -0.39 is 16.1 Å². The van der Waals surface area contributed by atoms with E-state index in [4.69, 9.17) is 5.73 Å². The van der Waals surface area contributed by atoms with Gasteiger partial charge in [0.2, 0.25) is 0 Å². The van der Waals surface area contributed by atoms with E-state index in [9.17, 15) is 13.2 Å². The van der Waals surface area contributed by atoms with Crippen molar-refractivity contribution in [3.05, 3.63) is 18.2 Å². The largest absolute Gasteiger partial charge is 0.397 e. The van der Waals surface area contributed by atoms with E-state index in [1.54, 1.807) is 0 Å². The minimum atomic E-state index is -3.75. The van der Waals surface area contributed by atoms with Crippen molar-refractivity contribution in [1.29, 1.82) is 0 Å². The molecule has 0 aliphatic carbocycles. The number of para-hydroxylation sites is 1. The normalized spacial score (nSPS) is 18.2. The van der Waals surface area contributed by atoms with Crippen LogP contribution in [0.1, 0.15) is 0 Å². The molecule has 0 saturated heterocycles. The van der Waals surface area contributed by atoms with Crippen LogP contribution in [0.5, 0.6) is 0 Å². The van der Waals surface area contributed by atoms with Gasteiger partial charge in [-0.3, -0.25) is 0 Å². The molecule has 6 nitrogen and oxygen atoms in total. The summed E-state index contributed by atoms with van der Waals surface area (Å²) < 4.78 is 24.2. The van der Waals surface area contributed by atoms with Gasteiger partial charge in [0.15, 0.2) is 0 Å². The number of urea groups is 1. The molecule has 7 heteroatoms. The van der Waals surface area contributed by atoms with Crippen LogP contribution >= 0.6 is 0 Å². The van der Waals surface area contributed by atoms with Crippen LogP contribution in [0, 0.1) is 0 Å². The lowest BCUT2D eigenvalue weighted by Gasteiger charge is -2.26. The highest BCUT2D eigenvalue weighted by Gasteiger charge is 2.34. The lowest BCUT2D eigenvalue weighted by atomic mass is 10.2. The van der Waals surface area contributed by atoms with Crippen molar-refractivity contribution >= 4 is 27.4 Å². The number of nitrogens with one attached hydrogen (secondary N) is 1. The number of anilines is 2. The molecule has 3 N–H and O–H groups in total. The SMILES string of the molecule is CN1C(=O)Nc2c(N)cccc2S1(=O)=O. The fraction of sp³-hybridized carbons (Fsp3) is 0.125. The number of carbonyl (C=O) groups excluding carboxylic acids is 1. The Morgan fingerprint density at radius 1 is 1.40 bits per heavy atom. The summed E-state index contributed by atoms with van der Waals surface area (Å²) in [6.07, 6.45) is 0. The molecule has 0 fully saturated rings. The van der Waals surface area contributed by atoms with Crippen LogP contribution in [0.15, 0.2) is 23.1 Å². The maximum absolute atomic E-state index is 11.8. The molecule has 0 radical (unpaired) electrons. The summed E-state index contributed by atoms with van der Waals surface area (Å²) in [4.78, 5) is 11.3. The Hall–Kier alpha value is -1.76. The van der Waals surface area contributed by atoms with Crippen LogP contribution in [0.3, 0.4) is 0 Å². The Morgan fingerprint density at radius 2 is 2.07 bits per heavy atom. The predicted molar refractivity (Wildman–Crippen MR) is 54.8 cm³/mol. The van der Waals surface area contributed by atoms with Gasteiger partial charge in [-0.2, -0.15) is 0 Å². The molecule has 1 aromatic rings. The average Bonchev–Trinajstić information content (AvgIpc) is 2.17. The molecule has 1 aliphatic heterocycles. The lowest BCUT2D eigenvalue weighted by Crippen LogP contribution is -2.41. The average molecular weight is 227 g/mol. The first-order valence-electron chi connectivity index (χ1n) is 4.13. The second-order valence-corrected chi connectivity index (χ2v) is 5.06. The minimum absolute atomic E-state index is 0.0181. The van der Waals surface area contributed by atoms with Crippen molar-refractivity contribution in [2.75, 3.05) is 18.1 Å². The number of sulfonamides is 1. The minimum Gasteiger partial charge on any atom is -0.397 e. The number of nitrogens with zero attached hydrogens (tertiary/aromatic N) is 1. The van der Waals surface area contributed by atoms with Gasteiger partial charge in [-0.05, 0) is 12.1 Å². The quantitative estimate of drug-likeness (QED) is 0.629. The van der Waals surface area contributed by atoms with Gasteiger partial charge in [0.05, 0.1) is 11.4 Å². The van der Waals surface area contributed by atoms with Crippen LogP contribution < -0.4 is 11.1 Å². The molecule has 2 amide bonds. The zero-order valence-electron chi connectivity index (χ0n) is 7.89. The summed E-state index contributed by atoms with van der Waals surface area (Å²) in [7, 11) is -2.56. The van der Waals surface area contributed by atoms with E-state index in [-0.39, 0.29) is 16.3 Å². The Balaban J connectivity index is 2.78. The third kappa shape index (κ3) is 1.23. The van der Waals surface area contributed by atoms with Crippen molar-refractivity contribution in [3.8, 4) is 0 Å². The lowest BCUT2D eigenvalue weighted by molar-refractivity contribution is 0.240. The van der Waals surface area contributed by atoms with Crippen LogP contribution in [0.25, 0.3) is 0 Å². The zero-order valence-corrected chi connectivity index (χ0v) is 8.71. The van der Waals surface area contributed by atoms with Crippen LogP contribution in [-0.4, -0.2) is 25.8 Å².